The first-order valence-corrected chi connectivity index (χ1v) is 9.62. The molecule has 1 aliphatic rings. The summed E-state index contributed by atoms with van der Waals surface area (Å²) in [5.41, 5.74) is 1.74. The van der Waals surface area contributed by atoms with Crippen LogP contribution in [0.4, 0.5) is 24.5 Å². The van der Waals surface area contributed by atoms with Crippen molar-refractivity contribution in [2.45, 2.75) is 25.6 Å². The summed E-state index contributed by atoms with van der Waals surface area (Å²) >= 11 is 0. The van der Waals surface area contributed by atoms with Crippen molar-refractivity contribution >= 4 is 23.3 Å². The van der Waals surface area contributed by atoms with Crippen LogP contribution in [-0.2, 0) is 27.3 Å². The molecule has 1 heterocycles. The third-order valence-corrected chi connectivity index (χ3v) is 4.74. The number of carbonyl (C=O) groups is 2. The number of anilines is 1. The summed E-state index contributed by atoms with van der Waals surface area (Å²) in [7, 11) is 0. The van der Waals surface area contributed by atoms with Gasteiger partial charge in [-0.15, -0.1) is 0 Å². The number of ether oxygens (including phenoxy) is 2. The fourth-order valence-corrected chi connectivity index (χ4v) is 3.27. The molecule has 1 amide bonds. The van der Waals surface area contributed by atoms with Gasteiger partial charge in [0.2, 0.25) is 0 Å². The molecule has 0 saturated carbocycles. The van der Waals surface area contributed by atoms with E-state index in [1.165, 1.54) is 47.4 Å². The number of halogens is 3. The minimum atomic E-state index is -4.42. The number of carbonyl (C=O) groups excluding carboxylic acids is 2. The smallest absolute Gasteiger partial charge is 0.411 e. The van der Waals surface area contributed by atoms with Crippen molar-refractivity contribution in [3.8, 4) is 0 Å². The normalized spacial score (nSPS) is 13.4. The molecule has 1 aliphatic heterocycles. The van der Waals surface area contributed by atoms with Crippen LogP contribution < -0.4 is 4.90 Å². The summed E-state index contributed by atoms with van der Waals surface area (Å²) in [5.74, 6) is -1.23. The zero-order valence-electron chi connectivity index (χ0n) is 16.8. The second-order valence-electron chi connectivity index (χ2n) is 7.10. The Hall–Kier alpha value is -3.47. The number of rotatable bonds is 7. The number of nitrogens with zero attached hydrogens (tertiary/aromatic N) is 2. The minimum absolute atomic E-state index is 0.0586. The first-order chi connectivity index (χ1) is 15.1. The van der Waals surface area contributed by atoms with E-state index in [0.29, 0.717) is 36.2 Å². The summed E-state index contributed by atoms with van der Waals surface area (Å²) in [5, 5.41) is 10.9. The van der Waals surface area contributed by atoms with E-state index in [0.717, 1.165) is 0 Å². The van der Waals surface area contributed by atoms with Gasteiger partial charge in [0.05, 0.1) is 17.1 Å². The maximum atomic E-state index is 12.6. The number of fused-ring (bicyclic) bond motifs is 1. The van der Waals surface area contributed by atoms with Crippen LogP contribution in [0.2, 0.25) is 0 Å². The van der Waals surface area contributed by atoms with Gasteiger partial charge in [0.25, 0.3) is 11.6 Å². The molecule has 0 atom stereocenters. The van der Waals surface area contributed by atoms with Gasteiger partial charge in [-0.2, -0.15) is 13.2 Å². The molecule has 0 N–H and O–H groups in total. The molecule has 8 nitrogen and oxygen atoms in total. The molecule has 0 saturated heterocycles. The highest BCUT2D eigenvalue weighted by atomic mass is 19.4. The summed E-state index contributed by atoms with van der Waals surface area (Å²) in [6.45, 7) is -1.76. The van der Waals surface area contributed by atoms with E-state index < -0.39 is 36.2 Å². The van der Waals surface area contributed by atoms with E-state index in [1.807, 2.05) is 0 Å². The Balaban J connectivity index is 1.55. The number of hydrogen-bond donors (Lipinski definition) is 0. The predicted octanol–water partition coefficient (Wildman–Crippen LogP) is 3.81. The van der Waals surface area contributed by atoms with Crippen LogP contribution in [-0.4, -0.2) is 42.7 Å². The molecule has 0 bridgehead atoms. The maximum absolute atomic E-state index is 12.6. The highest BCUT2D eigenvalue weighted by Gasteiger charge is 2.27. The average molecular weight is 452 g/mol. The summed E-state index contributed by atoms with van der Waals surface area (Å²) in [4.78, 5) is 36.6. The van der Waals surface area contributed by atoms with Crippen molar-refractivity contribution in [3.05, 3.63) is 69.3 Å². The van der Waals surface area contributed by atoms with E-state index in [1.54, 1.807) is 0 Å². The lowest BCUT2D eigenvalue weighted by Crippen LogP contribution is -2.38. The molecule has 0 radical (unpaired) electrons. The zero-order valence-corrected chi connectivity index (χ0v) is 16.8. The number of amides is 1. The van der Waals surface area contributed by atoms with Gasteiger partial charge in [-0.3, -0.25) is 14.9 Å². The summed E-state index contributed by atoms with van der Waals surface area (Å²) in [6.07, 6.45) is -3.20. The van der Waals surface area contributed by atoms with Crippen LogP contribution in [0.15, 0.2) is 42.5 Å². The number of nitro benzene ring substituents is 1. The number of alkyl halides is 3. The van der Waals surface area contributed by atoms with Crippen LogP contribution >= 0.6 is 0 Å². The molecule has 0 aliphatic carbocycles. The second kappa shape index (κ2) is 9.77. The minimum Gasteiger partial charge on any atom is -0.452 e. The van der Waals surface area contributed by atoms with E-state index in [-0.39, 0.29) is 17.9 Å². The van der Waals surface area contributed by atoms with E-state index >= 15 is 0 Å². The number of hydrogen-bond acceptors (Lipinski definition) is 6. The van der Waals surface area contributed by atoms with Gasteiger partial charge in [0.15, 0.2) is 6.61 Å². The van der Waals surface area contributed by atoms with Crippen molar-refractivity contribution < 1.29 is 37.2 Å². The van der Waals surface area contributed by atoms with Gasteiger partial charge in [-0.25, -0.2) is 4.79 Å². The molecule has 11 heteroatoms. The van der Waals surface area contributed by atoms with Crippen molar-refractivity contribution in [1.82, 2.24) is 0 Å². The molecular weight excluding hydrogens is 433 g/mol. The fraction of sp³-hybridized carbons (Fsp3) is 0.333. The number of benzene rings is 2. The Labute approximate surface area is 180 Å². The van der Waals surface area contributed by atoms with Crippen LogP contribution in [0.3, 0.4) is 0 Å². The Morgan fingerprint density at radius 2 is 1.84 bits per heavy atom. The third-order valence-electron chi connectivity index (χ3n) is 4.74. The van der Waals surface area contributed by atoms with Gasteiger partial charge < -0.3 is 14.4 Å². The van der Waals surface area contributed by atoms with Crippen molar-refractivity contribution in [1.29, 1.82) is 0 Å². The van der Waals surface area contributed by atoms with Gasteiger partial charge >= 0.3 is 12.1 Å². The van der Waals surface area contributed by atoms with Crippen molar-refractivity contribution in [2.75, 3.05) is 24.7 Å². The van der Waals surface area contributed by atoms with Crippen molar-refractivity contribution in [3.63, 3.8) is 0 Å². The lowest BCUT2D eigenvalue weighted by Gasteiger charge is -2.29. The van der Waals surface area contributed by atoms with Crippen LogP contribution in [0.25, 0.3) is 0 Å². The van der Waals surface area contributed by atoms with E-state index in [2.05, 4.69) is 4.74 Å². The van der Waals surface area contributed by atoms with Gasteiger partial charge in [-0.1, -0.05) is 12.1 Å². The van der Waals surface area contributed by atoms with Crippen molar-refractivity contribution in [2.24, 2.45) is 0 Å². The maximum Gasteiger partial charge on any atom is 0.411 e. The number of esters is 1. The Kier molecular flexibility index (Phi) is 7.08. The molecule has 0 spiro atoms. The molecule has 2 aromatic rings. The second-order valence-corrected chi connectivity index (χ2v) is 7.10. The van der Waals surface area contributed by atoms with Crippen LogP contribution in [0, 0.1) is 10.1 Å². The van der Waals surface area contributed by atoms with Gasteiger partial charge in [-0.05, 0) is 42.2 Å². The quantitative estimate of drug-likeness (QED) is 0.360. The molecule has 3 rings (SSSR count). The highest BCUT2D eigenvalue weighted by Crippen LogP contribution is 2.30. The first kappa shape index (κ1) is 23.2. The summed E-state index contributed by atoms with van der Waals surface area (Å²) in [6, 6.07) is 9.86. The Morgan fingerprint density at radius 1 is 1.12 bits per heavy atom. The SMILES string of the molecule is O=C(OCC(=O)N1CCCc2cc([N+](=O)[O-])ccc21)c1ccc(COCC(F)(F)F)cc1. The molecule has 2 aromatic carbocycles. The monoisotopic (exact) mass is 452 g/mol. The molecule has 0 unspecified atom stereocenters. The van der Waals surface area contributed by atoms with Crippen LogP contribution in [0.1, 0.15) is 27.9 Å². The lowest BCUT2D eigenvalue weighted by molar-refractivity contribution is -0.384. The first-order valence-electron chi connectivity index (χ1n) is 9.62. The molecule has 0 fully saturated rings. The van der Waals surface area contributed by atoms with Gasteiger partial charge in [0, 0.05) is 24.4 Å². The van der Waals surface area contributed by atoms with Gasteiger partial charge in [0.1, 0.15) is 6.61 Å². The number of nitro groups is 1. The van der Waals surface area contributed by atoms with Crippen LogP contribution in [0.5, 0.6) is 0 Å². The number of non-ortho nitro benzene ring substituents is 1. The predicted molar refractivity (Wildman–Crippen MR) is 106 cm³/mol. The molecular formula is C21H19F3N2O6. The van der Waals surface area contributed by atoms with E-state index in [9.17, 15) is 32.9 Å². The summed E-state index contributed by atoms with van der Waals surface area (Å²) < 4.78 is 45.9. The third kappa shape index (κ3) is 6.03. The Bertz CT molecular complexity index is 1010. The highest BCUT2D eigenvalue weighted by molar-refractivity contribution is 5.98. The lowest BCUT2D eigenvalue weighted by atomic mass is 10.0. The topological polar surface area (TPSA) is 99.0 Å². The van der Waals surface area contributed by atoms with E-state index in [4.69, 9.17) is 4.74 Å². The standard InChI is InChI=1S/C21H19F3N2O6/c22-21(23,24)13-31-11-14-3-5-15(6-4-14)20(28)32-12-19(27)25-9-1-2-16-10-17(26(29)30)7-8-18(16)25/h3-8,10H,1-2,9,11-13H2. The molecule has 170 valence electrons. The Morgan fingerprint density at radius 3 is 2.50 bits per heavy atom. The zero-order chi connectivity index (χ0) is 23.3. The largest absolute Gasteiger partial charge is 0.452 e. The molecule has 32 heavy (non-hydrogen) atoms. The number of aryl methyl sites for hydroxylation is 1. The fourth-order valence-electron chi connectivity index (χ4n) is 3.27. The average Bonchev–Trinajstić information content (AvgIpc) is 2.76. The molecule has 0 aromatic heterocycles.